The molecule has 0 amide bonds. The monoisotopic (exact) mass is 245 g/mol. The fourth-order valence-electron chi connectivity index (χ4n) is 2.11. The van der Waals surface area contributed by atoms with Gasteiger partial charge in [-0.15, -0.1) is 0 Å². The lowest BCUT2D eigenvalue weighted by molar-refractivity contribution is -0.138. The summed E-state index contributed by atoms with van der Waals surface area (Å²) in [5, 5.41) is 0. The molecule has 1 rings (SSSR count). The van der Waals surface area contributed by atoms with E-state index in [1.54, 1.807) is 0 Å². The third kappa shape index (κ3) is 2.79. The fourth-order valence-corrected chi connectivity index (χ4v) is 2.11. The first-order valence-electron chi connectivity index (χ1n) is 5.72. The first-order valence-corrected chi connectivity index (χ1v) is 5.72. The van der Waals surface area contributed by atoms with Gasteiger partial charge in [0, 0.05) is 11.9 Å². The number of rotatable bonds is 2. The molecule has 0 aromatic carbocycles. The molecule has 0 aliphatic rings. The molecule has 1 aromatic heterocycles. The van der Waals surface area contributed by atoms with Gasteiger partial charge in [0.15, 0.2) is 0 Å². The van der Waals surface area contributed by atoms with Crippen LogP contribution in [0.4, 0.5) is 13.2 Å². The van der Waals surface area contributed by atoms with E-state index in [-0.39, 0.29) is 11.8 Å². The first-order chi connectivity index (χ1) is 7.66. The highest BCUT2D eigenvalue weighted by atomic mass is 19.4. The lowest BCUT2D eigenvalue weighted by Crippen LogP contribution is -2.14. The van der Waals surface area contributed by atoms with Crippen molar-refractivity contribution in [3.05, 3.63) is 28.6 Å². The van der Waals surface area contributed by atoms with E-state index in [2.05, 4.69) is 4.98 Å². The molecule has 0 aliphatic carbocycles. The van der Waals surface area contributed by atoms with Crippen LogP contribution in [0.15, 0.2) is 6.20 Å². The number of halogens is 3. The molecule has 0 atom stereocenters. The van der Waals surface area contributed by atoms with Crippen LogP contribution < -0.4 is 0 Å². The van der Waals surface area contributed by atoms with Crippen molar-refractivity contribution < 1.29 is 13.2 Å². The Morgan fingerprint density at radius 3 is 1.94 bits per heavy atom. The molecule has 17 heavy (non-hydrogen) atoms. The summed E-state index contributed by atoms with van der Waals surface area (Å²) in [4.78, 5) is 4.01. The van der Waals surface area contributed by atoms with Crippen LogP contribution in [-0.4, -0.2) is 4.98 Å². The summed E-state index contributed by atoms with van der Waals surface area (Å²) in [5.74, 6) is 0.176. The van der Waals surface area contributed by atoms with Crippen molar-refractivity contribution in [3.63, 3.8) is 0 Å². The van der Waals surface area contributed by atoms with Crippen LogP contribution in [0.3, 0.4) is 0 Å². The van der Waals surface area contributed by atoms with Gasteiger partial charge in [-0.3, -0.25) is 4.98 Å². The van der Waals surface area contributed by atoms with Crippen molar-refractivity contribution >= 4 is 0 Å². The summed E-state index contributed by atoms with van der Waals surface area (Å²) < 4.78 is 38.4. The predicted octanol–water partition coefficient (Wildman–Crippen LogP) is 4.66. The van der Waals surface area contributed by atoms with E-state index < -0.39 is 11.7 Å². The second-order valence-corrected chi connectivity index (χ2v) is 4.90. The van der Waals surface area contributed by atoms with Gasteiger partial charge in [0.05, 0.1) is 5.56 Å². The number of pyridine rings is 1. The highest BCUT2D eigenvalue weighted by Gasteiger charge is 2.34. The average Bonchev–Trinajstić information content (AvgIpc) is 2.13. The van der Waals surface area contributed by atoms with Crippen LogP contribution in [-0.2, 0) is 6.18 Å². The Balaban J connectivity index is 3.50. The molecule has 0 unspecified atom stereocenters. The Morgan fingerprint density at radius 1 is 1.06 bits per heavy atom. The van der Waals surface area contributed by atoms with E-state index >= 15 is 0 Å². The molecule has 1 aromatic rings. The molecule has 96 valence electrons. The molecule has 1 heterocycles. The standard InChI is InChI=1S/C13H18F3N/c1-7(2)11-9(5)10(13(14,15)16)6-17-12(11)8(3)4/h6-8H,1-5H3. The van der Waals surface area contributed by atoms with E-state index in [0.717, 1.165) is 17.5 Å². The van der Waals surface area contributed by atoms with E-state index in [9.17, 15) is 13.2 Å². The van der Waals surface area contributed by atoms with Crippen molar-refractivity contribution in [2.24, 2.45) is 0 Å². The maximum absolute atomic E-state index is 12.8. The number of hydrogen-bond donors (Lipinski definition) is 0. The number of alkyl halides is 3. The maximum atomic E-state index is 12.8. The molecule has 0 saturated carbocycles. The summed E-state index contributed by atoms with van der Waals surface area (Å²) in [5.41, 5.74) is 1.19. The summed E-state index contributed by atoms with van der Waals surface area (Å²) in [7, 11) is 0. The molecule has 0 aliphatic heterocycles. The zero-order valence-electron chi connectivity index (χ0n) is 10.8. The Morgan fingerprint density at radius 2 is 1.59 bits per heavy atom. The molecule has 0 spiro atoms. The smallest absolute Gasteiger partial charge is 0.260 e. The average molecular weight is 245 g/mol. The summed E-state index contributed by atoms with van der Waals surface area (Å²) in [6, 6.07) is 0. The normalized spacial score (nSPS) is 12.6. The largest absolute Gasteiger partial charge is 0.418 e. The molecular weight excluding hydrogens is 227 g/mol. The Kier molecular flexibility index (Phi) is 3.84. The third-order valence-electron chi connectivity index (χ3n) is 2.85. The molecule has 0 N–H and O–H groups in total. The predicted molar refractivity (Wildman–Crippen MR) is 62.2 cm³/mol. The van der Waals surface area contributed by atoms with E-state index in [0.29, 0.717) is 5.56 Å². The third-order valence-corrected chi connectivity index (χ3v) is 2.85. The Hall–Kier alpha value is -1.06. The SMILES string of the molecule is Cc1c(C(F)(F)F)cnc(C(C)C)c1C(C)C. The quantitative estimate of drug-likeness (QED) is 0.738. The maximum Gasteiger partial charge on any atom is 0.418 e. The van der Waals surface area contributed by atoms with Crippen molar-refractivity contribution in [2.75, 3.05) is 0 Å². The van der Waals surface area contributed by atoms with Crippen LogP contribution in [0.2, 0.25) is 0 Å². The number of hydrogen-bond acceptors (Lipinski definition) is 1. The van der Waals surface area contributed by atoms with Gasteiger partial charge in [-0.2, -0.15) is 13.2 Å². The molecule has 0 bridgehead atoms. The summed E-state index contributed by atoms with van der Waals surface area (Å²) in [6.07, 6.45) is -3.37. The van der Waals surface area contributed by atoms with Crippen LogP contribution in [0.25, 0.3) is 0 Å². The summed E-state index contributed by atoms with van der Waals surface area (Å²) >= 11 is 0. The number of aromatic nitrogens is 1. The minimum atomic E-state index is -4.32. The van der Waals surface area contributed by atoms with E-state index in [1.165, 1.54) is 6.92 Å². The number of nitrogens with zero attached hydrogens (tertiary/aromatic N) is 1. The van der Waals surface area contributed by atoms with E-state index in [1.807, 2.05) is 27.7 Å². The van der Waals surface area contributed by atoms with Gasteiger partial charge >= 0.3 is 6.18 Å². The Bertz CT molecular complexity index is 406. The van der Waals surface area contributed by atoms with Crippen LogP contribution >= 0.6 is 0 Å². The highest BCUT2D eigenvalue weighted by Crippen LogP contribution is 2.36. The van der Waals surface area contributed by atoms with Gasteiger partial charge in [-0.05, 0) is 29.9 Å². The highest BCUT2D eigenvalue weighted by molar-refractivity contribution is 5.40. The van der Waals surface area contributed by atoms with Crippen molar-refractivity contribution in [1.29, 1.82) is 0 Å². The van der Waals surface area contributed by atoms with Gasteiger partial charge < -0.3 is 0 Å². The van der Waals surface area contributed by atoms with Gasteiger partial charge in [-0.25, -0.2) is 0 Å². The van der Waals surface area contributed by atoms with Crippen LogP contribution in [0.1, 0.15) is 61.9 Å². The molecule has 0 saturated heterocycles. The van der Waals surface area contributed by atoms with Gasteiger partial charge in [0.1, 0.15) is 0 Å². The van der Waals surface area contributed by atoms with E-state index in [4.69, 9.17) is 0 Å². The van der Waals surface area contributed by atoms with Crippen molar-refractivity contribution in [2.45, 2.75) is 52.6 Å². The molecular formula is C13H18F3N. The molecule has 1 nitrogen and oxygen atoms in total. The van der Waals surface area contributed by atoms with Crippen molar-refractivity contribution in [3.8, 4) is 0 Å². The lowest BCUT2D eigenvalue weighted by atomic mass is 9.89. The fraction of sp³-hybridized carbons (Fsp3) is 0.615. The minimum absolute atomic E-state index is 0.0437. The van der Waals surface area contributed by atoms with Gasteiger partial charge in [0.25, 0.3) is 0 Å². The second-order valence-electron chi connectivity index (χ2n) is 4.90. The van der Waals surface area contributed by atoms with Gasteiger partial charge in [-0.1, -0.05) is 27.7 Å². The molecule has 0 fully saturated rings. The summed E-state index contributed by atoms with van der Waals surface area (Å²) in [6.45, 7) is 9.22. The van der Waals surface area contributed by atoms with Crippen LogP contribution in [0, 0.1) is 6.92 Å². The van der Waals surface area contributed by atoms with Gasteiger partial charge in [0.2, 0.25) is 0 Å². The zero-order chi connectivity index (χ0) is 13.4. The van der Waals surface area contributed by atoms with Crippen molar-refractivity contribution in [1.82, 2.24) is 4.98 Å². The Labute approximate surface area is 100 Å². The minimum Gasteiger partial charge on any atom is -0.260 e. The second kappa shape index (κ2) is 4.67. The molecule has 0 radical (unpaired) electrons. The van der Waals surface area contributed by atoms with Crippen LogP contribution in [0.5, 0.6) is 0 Å². The lowest BCUT2D eigenvalue weighted by Gasteiger charge is -2.21. The first kappa shape index (κ1) is 14.0. The molecule has 4 heteroatoms. The zero-order valence-corrected chi connectivity index (χ0v) is 10.8. The topological polar surface area (TPSA) is 12.9 Å².